The summed E-state index contributed by atoms with van der Waals surface area (Å²) in [7, 11) is 0. The largest absolute Gasteiger partial charge is 0.618 e. The Morgan fingerprint density at radius 2 is 2.25 bits per heavy atom. The van der Waals surface area contributed by atoms with Crippen LogP contribution in [0.15, 0.2) is 18.3 Å². The molecule has 0 saturated heterocycles. The number of hydrogen-bond acceptors (Lipinski definition) is 1. The van der Waals surface area contributed by atoms with Crippen LogP contribution < -0.4 is 4.73 Å². The van der Waals surface area contributed by atoms with Crippen molar-refractivity contribution in [2.45, 2.75) is 26.2 Å². The van der Waals surface area contributed by atoms with Gasteiger partial charge in [-0.05, 0) is 12.5 Å². The minimum Gasteiger partial charge on any atom is -0.618 e. The zero-order valence-corrected chi connectivity index (χ0v) is 7.25. The van der Waals surface area contributed by atoms with Crippen LogP contribution in [0.4, 0.5) is 4.39 Å². The standard InChI is InChI=1S/C9H12FNO/c1-3-7(2)9-5-4-8(10)6-11(9)12/h4-7H,3H2,1-2H3. The first-order chi connectivity index (χ1) is 5.65. The van der Waals surface area contributed by atoms with Gasteiger partial charge in [0, 0.05) is 12.0 Å². The molecule has 0 saturated carbocycles. The quantitative estimate of drug-likeness (QED) is 0.491. The van der Waals surface area contributed by atoms with E-state index in [1.165, 1.54) is 12.1 Å². The van der Waals surface area contributed by atoms with Crippen LogP contribution in [0.3, 0.4) is 0 Å². The molecule has 0 spiro atoms. The lowest BCUT2D eigenvalue weighted by molar-refractivity contribution is -0.617. The van der Waals surface area contributed by atoms with Crippen LogP contribution in [0.25, 0.3) is 0 Å². The van der Waals surface area contributed by atoms with E-state index in [0.717, 1.165) is 12.6 Å². The first kappa shape index (κ1) is 8.97. The van der Waals surface area contributed by atoms with Crippen molar-refractivity contribution < 1.29 is 9.12 Å². The van der Waals surface area contributed by atoms with E-state index in [-0.39, 0.29) is 5.92 Å². The molecular weight excluding hydrogens is 157 g/mol. The van der Waals surface area contributed by atoms with Gasteiger partial charge >= 0.3 is 0 Å². The van der Waals surface area contributed by atoms with Crippen LogP contribution in [0.5, 0.6) is 0 Å². The predicted molar refractivity (Wildman–Crippen MR) is 44.1 cm³/mol. The van der Waals surface area contributed by atoms with Gasteiger partial charge in [0.05, 0.1) is 0 Å². The highest BCUT2D eigenvalue weighted by Gasteiger charge is 2.12. The maximum absolute atomic E-state index is 12.5. The normalized spacial score (nSPS) is 12.9. The van der Waals surface area contributed by atoms with Gasteiger partial charge in [0.25, 0.3) is 0 Å². The maximum Gasteiger partial charge on any atom is 0.216 e. The van der Waals surface area contributed by atoms with Gasteiger partial charge in [-0.25, -0.2) is 4.39 Å². The third-order valence-corrected chi connectivity index (χ3v) is 2.03. The van der Waals surface area contributed by atoms with Crippen molar-refractivity contribution in [2.24, 2.45) is 0 Å². The average molecular weight is 169 g/mol. The molecular formula is C9H12FNO. The van der Waals surface area contributed by atoms with Gasteiger partial charge in [0.15, 0.2) is 11.5 Å². The summed E-state index contributed by atoms with van der Waals surface area (Å²) in [6.45, 7) is 3.94. The summed E-state index contributed by atoms with van der Waals surface area (Å²) in [5.74, 6) is -0.305. The van der Waals surface area contributed by atoms with Gasteiger partial charge in [-0.2, -0.15) is 4.73 Å². The number of aromatic nitrogens is 1. The molecule has 0 aliphatic carbocycles. The molecule has 1 aromatic rings. The minimum absolute atomic E-state index is 0.183. The van der Waals surface area contributed by atoms with E-state index >= 15 is 0 Å². The second-order valence-electron chi connectivity index (χ2n) is 2.91. The molecule has 0 aromatic carbocycles. The first-order valence-corrected chi connectivity index (χ1v) is 4.03. The molecule has 0 bridgehead atoms. The molecule has 0 fully saturated rings. The molecule has 1 unspecified atom stereocenters. The number of hydrogen-bond donors (Lipinski definition) is 0. The van der Waals surface area contributed by atoms with E-state index in [1.807, 2.05) is 13.8 Å². The number of pyridine rings is 1. The van der Waals surface area contributed by atoms with Gasteiger partial charge < -0.3 is 5.21 Å². The molecule has 1 atom stereocenters. The van der Waals surface area contributed by atoms with Crippen LogP contribution in [-0.4, -0.2) is 0 Å². The van der Waals surface area contributed by atoms with Crippen molar-refractivity contribution in [3.63, 3.8) is 0 Å². The van der Waals surface area contributed by atoms with Gasteiger partial charge in [-0.15, -0.1) is 0 Å². The van der Waals surface area contributed by atoms with Gasteiger partial charge in [0.2, 0.25) is 6.20 Å². The van der Waals surface area contributed by atoms with E-state index in [9.17, 15) is 9.60 Å². The Bertz CT molecular complexity index is 275. The van der Waals surface area contributed by atoms with Crippen molar-refractivity contribution in [1.82, 2.24) is 0 Å². The summed E-state index contributed by atoms with van der Waals surface area (Å²) in [6.07, 6.45) is 1.84. The Labute approximate surface area is 71.2 Å². The molecule has 1 rings (SSSR count). The van der Waals surface area contributed by atoms with E-state index in [1.54, 1.807) is 0 Å². The third-order valence-electron chi connectivity index (χ3n) is 2.03. The highest BCUT2D eigenvalue weighted by Crippen LogP contribution is 2.13. The summed E-state index contributed by atoms with van der Waals surface area (Å²) < 4.78 is 13.1. The van der Waals surface area contributed by atoms with Crippen molar-refractivity contribution in [3.05, 3.63) is 35.0 Å². The van der Waals surface area contributed by atoms with Gasteiger partial charge in [0.1, 0.15) is 0 Å². The fraction of sp³-hybridized carbons (Fsp3) is 0.444. The fourth-order valence-corrected chi connectivity index (χ4v) is 1.06. The van der Waals surface area contributed by atoms with E-state index < -0.39 is 5.82 Å². The number of rotatable bonds is 2. The zero-order valence-electron chi connectivity index (χ0n) is 7.25. The van der Waals surface area contributed by atoms with Gasteiger partial charge in [-0.1, -0.05) is 13.8 Å². The summed E-state index contributed by atoms with van der Waals surface area (Å²) >= 11 is 0. The molecule has 66 valence electrons. The Morgan fingerprint density at radius 3 is 2.75 bits per heavy atom. The van der Waals surface area contributed by atoms with Crippen LogP contribution in [0.1, 0.15) is 31.9 Å². The maximum atomic E-state index is 12.5. The molecule has 3 heteroatoms. The molecule has 0 aliphatic rings. The van der Waals surface area contributed by atoms with Crippen LogP contribution in [-0.2, 0) is 0 Å². The van der Waals surface area contributed by atoms with Crippen molar-refractivity contribution in [3.8, 4) is 0 Å². The summed E-state index contributed by atoms with van der Waals surface area (Å²) in [5, 5.41) is 11.1. The lowest BCUT2D eigenvalue weighted by atomic mass is 10.0. The predicted octanol–water partition coefficient (Wildman–Crippen LogP) is 1.97. The zero-order chi connectivity index (χ0) is 9.14. The number of nitrogens with zero attached hydrogens (tertiary/aromatic N) is 1. The Kier molecular flexibility index (Phi) is 2.63. The third kappa shape index (κ3) is 1.72. The van der Waals surface area contributed by atoms with Crippen LogP contribution >= 0.6 is 0 Å². The SMILES string of the molecule is CCC(C)c1ccc(F)c[n+]1[O-]. The van der Waals surface area contributed by atoms with Gasteiger partial charge in [-0.3, -0.25) is 0 Å². The van der Waals surface area contributed by atoms with Crippen LogP contribution in [0.2, 0.25) is 0 Å². The fourth-order valence-electron chi connectivity index (χ4n) is 1.06. The average Bonchev–Trinajstić information content (AvgIpc) is 2.03. The Hall–Kier alpha value is -1.12. The van der Waals surface area contributed by atoms with Crippen LogP contribution in [0, 0.1) is 11.0 Å². The first-order valence-electron chi connectivity index (χ1n) is 4.03. The molecule has 1 heterocycles. The minimum atomic E-state index is -0.489. The lowest BCUT2D eigenvalue weighted by Crippen LogP contribution is -2.32. The van der Waals surface area contributed by atoms with Crippen molar-refractivity contribution >= 4 is 0 Å². The molecule has 0 N–H and O–H groups in total. The van der Waals surface area contributed by atoms with Crippen molar-refractivity contribution in [2.75, 3.05) is 0 Å². The molecule has 0 amide bonds. The summed E-state index contributed by atoms with van der Waals surface area (Å²) in [4.78, 5) is 0. The number of halogens is 1. The highest BCUT2D eigenvalue weighted by atomic mass is 19.1. The molecule has 0 aliphatic heterocycles. The molecule has 0 radical (unpaired) electrons. The second kappa shape index (κ2) is 3.52. The van der Waals surface area contributed by atoms with E-state index in [0.29, 0.717) is 10.4 Å². The summed E-state index contributed by atoms with van der Waals surface area (Å²) in [5.41, 5.74) is 0.624. The summed E-state index contributed by atoms with van der Waals surface area (Å²) in [6, 6.07) is 2.85. The topological polar surface area (TPSA) is 26.9 Å². The molecule has 12 heavy (non-hydrogen) atoms. The van der Waals surface area contributed by atoms with E-state index in [2.05, 4.69) is 0 Å². The monoisotopic (exact) mass is 169 g/mol. The Balaban J connectivity index is 3.01. The second-order valence-corrected chi connectivity index (χ2v) is 2.91. The lowest BCUT2D eigenvalue weighted by Gasteiger charge is -2.08. The van der Waals surface area contributed by atoms with E-state index in [4.69, 9.17) is 0 Å². The Morgan fingerprint density at radius 1 is 1.58 bits per heavy atom. The highest BCUT2D eigenvalue weighted by molar-refractivity contribution is 5.03. The van der Waals surface area contributed by atoms with Crippen molar-refractivity contribution in [1.29, 1.82) is 0 Å². The molecule has 2 nitrogen and oxygen atoms in total. The molecule has 1 aromatic heterocycles. The smallest absolute Gasteiger partial charge is 0.216 e.